The number of hydrogen-bond acceptors (Lipinski definition) is 3. The zero-order valence-electron chi connectivity index (χ0n) is 9.28. The number of nitrogens with two attached hydrogens (primary N) is 1. The van der Waals surface area contributed by atoms with Crippen molar-refractivity contribution in [2.24, 2.45) is 11.7 Å². The van der Waals surface area contributed by atoms with Gasteiger partial charge < -0.3 is 10.5 Å². The third kappa shape index (κ3) is 3.42. The highest BCUT2D eigenvalue weighted by molar-refractivity contribution is 7.99. The van der Waals surface area contributed by atoms with E-state index < -0.39 is 0 Å². The van der Waals surface area contributed by atoms with Gasteiger partial charge in [0, 0.05) is 6.04 Å². The third-order valence-corrected chi connectivity index (χ3v) is 4.42. The van der Waals surface area contributed by atoms with Crippen LogP contribution in [-0.2, 0) is 4.74 Å². The standard InChI is InChI=1S/C12H21NOS/c13-12(11-2-1-5-14-9-11)8-10-3-6-15-7-4-10/h9-10,12H,1-8,13H2. The van der Waals surface area contributed by atoms with Crippen molar-refractivity contribution in [3.63, 3.8) is 0 Å². The summed E-state index contributed by atoms with van der Waals surface area (Å²) in [6.45, 7) is 0.871. The number of thioether (sulfide) groups is 1. The summed E-state index contributed by atoms with van der Waals surface area (Å²) in [5.41, 5.74) is 7.56. The highest BCUT2D eigenvalue weighted by atomic mass is 32.2. The van der Waals surface area contributed by atoms with Crippen molar-refractivity contribution in [1.29, 1.82) is 0 Å². The molecular weight excluding hydrogens is 206 g/mol. The van der Waals surface area contributed by atoms with Crippen molar-refractivity contribution < 1.29 is 4.74 Å². The Bertz CT molecular complexity index is 224. The van der Waals surface area contributed by atoms with E-state index in [0.717, 1.165) is 31.8 Å². The molecule has 0 amide bonds. The third-order valence-electron chi connectivity index (χ3n) is 3.37. The smallest absolute Gasteiger partial charge is 0.0876 e. The lowest BCUT2D eigenvalue weighted by molar-refractivity contribution is 0.219. The van der Waals surface area contributed by atoms with Gasteiger partial charge >= 0.3 is 0 Å². The molecule has 0 radical (unpaired) electrons. The Labute approximate surface area is 96.6 Å². The van der Waals surface area contributed by atoms with Crippen LogP contribution in [0.1, 0.15) is 32.1 Å². The Morgan fingerprint density at radius 1 is 1.47 bits per heavy atom. The predicted octanol–water partition coefficient (Wildman–Crippen LogP) is 2.54. The van der Waals surface area contributed by atoms with E-state index in [1.165, 1.54) is 29.9 Å². The van der Waals surface area contributed by atoms with Crippen molar-refractivity contribution in [2.45, 2.75) is 38.1 Å². The van der Waals surface area contributed by atoms with Crippen LogP contribution in [0, 0.1) is 5.92 Å². The summed E-state index contributed by atoms with van der Waals surface area (Å²) in [4.78, 5) is 0. The second-order valence-electron chi connectivity index (χ2n) is 4.57. The lowest BCUT2D eigenvalue weighted by Gasteiger charge is -2.26. The van der Waals surface area contributed by atoms with Gasteiger partial charge in [0.25, 0.3) is 0 Å². The molecule has 1 saturated heterocycles. The van der Waals surface area contributed by atoms with Crippen LogP contribution in [-0.4, -0.2) is 24.2 Å². The molecule has 2 aliphatic rings. The van der Waals surface area contributed by atoms with Crippen LogP contribution in [0.3, 0.4) is 0 Å². The van der Waals surface area contributed by atoms with Gasteiger partial charge in [0.2, 0.25) is 0 Å². The lowest BCUT2D eigenvalue weighted by atomic mass is 9.90. The van der Waals surface area contributed by atoms with E-state index in [4.69, 9.17) is 10.5 Å². The second kappa shape index (κ2) is 5.80. The first-order valence-electron chi connectivity index (χ1n) is 6.00. The fourth-order valence-electron chi connectivity index (χ4n) is 2.35. The van der Waals surface area contributed by atoms with Gasteiger partial charge in [0.05, 0.1) is 12.9 Å². The lowest BCUT2D eigenvalue weighted by Crippen LogP contribution is -2.28. The summed E-state index contributed by atoms with van der Waals surface area (Å²) in [7, 11) is 0. The van der Waals surface area contributed by atoms with Crippen molar-refractivity contribution >= 4 is 11.8 Å². The first kappa shape index (κ1) is 11.3. The molecule has 3 heteroatoms. The van der Waals surface area contributed by atoms with E-state index in [1.807, 2.05) is 6.26 Å². The average molecular weight is 227 g/mol. The minimum Gasteiger partial charge on any atom is -0.501 e. The molecule has 0 spiro atoms. The van der Waals surface area contributed by atoms with Crippen molar-refractivity contribution in [3.05, 3.63) is 11.8 Å². The van der Waals surface area contributed by atoms with E-state index in [2.05, 4.69) is 11.8 Å². The van der Waals surface area contributed by atoms with Crippen LogP contribution in [0.4, 0.5) is 0 Å². The molecule has 1 unspecified atom stereocenters. The molecule has 2 rings (SSSR count). The van der Waals surface area contributed by atoms with E-state index in [0.29, 0.717) is 0 Å². The minimum atomic E-state index is 0.249. The molecule has 0 aliphatic carbocycles. The van der Waals surface area contributed by atoms with Crippen LogP contribution in [0.15, 0.2) is 11.8 Å². The van der Waals surface area contributed by atoms with E-state index in [1.54, 1.807) is 0 Å². The highest BCUT2D eigenvalue weighted by Gasteiger charge is 2.20. The van der Waals surface area contributed by atoms with Gasteiger partial charge in [-0.15, -0.1) is 0 Å². The summed E-state index contributed by atoms with van der Waals surface area (Å²) in [5, 5.41) is 0. The van der Waals surface area contributed by atoms with Crippen LogP contribution in [0.25, 0.3) is 0 Å². The topological polar surface area (TPSA) is 35.2 Å². The molecule has 0 saturated carbocycles. The second-order valence-corrected chi connectivity index (χ2v) is 5.79. The van der Waals surface area contributed by atoms with Gasteiger partial charge in [0.15, 0.2) is 0 Å². The zero-order chi connectivity index (χ0) is 10.5. The first-order chi connectivity index (χ1) is 7.36. The SMILES string of the molecule is NC(CC1CCSCC1)C1=COCCC1. The van der Waals surface area contributed by atoms with Gasteiger partial charge in [-0.2, -0.15) is 11.8 Å². The van der Waals surface area contributed by atoms with Gasteiger partial charge in [-0.05, 0) is 55.1 Å². The number of rotatable bonds is 3. The fourth-order valence-corrected chi connectivity index (χ4v) is 3.55. The van der Waals surface area contributed by atoms with Crippen LogP contribution in [0.5, 0.6) is 0 Å². The maximum Gasteiger partial charge on any atom is 0.0876 e. The molecule has 0 bridgehead atoms. The van der Waals surface area contributed by atoms with Gasteiger partial charge in [-0.25, -0.2) is 0 Å². The van der Waals surface area contributed by atoms with Crippen LogP contribution >= 0.6 is 11.8 Å². The Balaban J connectivity index is 1.79. The minimum absolute atomic E-state index is 0.249. The van der Waals surface area contributed by atoms with Gasteiger partial charge in [0.1, 0.15) is 0 Å². The Morgan fingerprint density at radius 2 is 2.27 bits per heavy atom. The van der Waals surface area contributed by atoms with Gasteiger partial charge in [-0.1, -0.05) is 0 Å². The molecular formula is C12H21NOS. The molecule has 2 heterocycles. The van der Waals surface area contributed by atoms with Crippen LogP contribution < -0.4 is 5.73 Å². The quantitative estimate of drug-likeness (QED) is 0.804. The molecule has 1 fully saturated rings. The molecule has 86 valence electrons. The average Bonchev–Trinajstić information content (AvgIpc) is 2.31. The van der Waals surface area contributed by atoms with Crippen molar-refractivity contribution in [3.8, 4) is 0 Å². The molecule has 15 heavy (non-hydrogen) atoms. The summed E-state index contributed by atoms with van der Waals surface area (Å²) in [6.07, 6.45) is 8.06. The molecule has 0 aromatic carbocycles. The highest BCUT2D eigenvalue weighted by Crippen LogP contribution is 2.28. The summed E-state index contributed by atoms with van der Waals surface area (Å²) in [6, 6.07) is 0.249. The normalized spacial score (nSPS) is 25.5. The van der Waals surface area contributed by atoms with E-state index in [-0.39, 0.29) is 6.04 Å². The Kier molecular flexibility index (Phi) is 4.39. The molecule has 0 aromatic rings. The van der Waals surface area contributed by atoms with Gasteiger partial charge in [-0.3, -0.25) is 0 Å². The van der Waals surface area contributed by atoms with E-state index >= 15 is 0 Å². The van der Waals surface area contributed by atoms with Crippen molar-refractivity contribution in [1.82, 2.24) is 0 Å². The number of ether oxygens (including phenoxy) is 1. The molecule has 1 atom stereocenters. The monoisotopic (exact) mass is 227 g/mol. The first-order valence-corrected chi connectivity index (χ1v) is 7.15. The predicted molar refractivity (Wildman–Crippen MR) is 65.9 cm³/mol. The summed E-state index contributed by atoms with van der Waals surface area (Å²) in [5.74, 6) is 3.50. The van der Waals surface area contributed by atoms with Crippen LogP contribution in [0.2, 0.25) is 0 Å². The van der Waals surface area contributed by atoms with E-state index in [9.17, 15) is 0 Å². The fraction of sp³-hybridized carbons (Fsp3) is 0.833. The maximum absolute atomic E-state index is 6.22. The largest absolute Gasteiger partial charge is 0.501 e. The van der Waals surface area contributed by atoms with Crippen molar-refractivity contribution in [2.75, 3.05) is 18.1 Å². The summed E-state index contributed by atoms with van der Waals surface area (Å²) >= 11 is 2.08. The Hall–Kier alpha value is -0.150. The molecule has 2 N–H and O–H groups in total. The number of hydrogen-bond donors (Lipinski definition) is 1. The molecule has 2 aliphatic heterocycles. The summed E-state index contributed by atoms with van der Waals surface area (Å²) < 4.78 is 5.35. The maximum atomic E-state index is 6.22. The molecule has 0 aromatic heterocycles. The Morgan fingerprint density at radius 3 is 2.93 bits per heavy atom. The molecule has 2 nitrogen and oxygen atoms in total. The zero-order valence-corrected chi connectivity index (χ0v) is 10.1.